The number of nitrogens with one attached hydrogen (secondary N) is 1. The molecule has 1 amide bonds. The Labute approximate surface area is 281 Å². The molecule has 4 saturated carbocycles. The monoisotopic (exact) mass is 640 g/mol. The fourth-order valence-electron chi connectivity index (χ4n) is 13.1. The number of fused-ring (bicyclic) bond motifs is 7. The molecule has 10 atom stereocenters. The zero-order chi connectivity index (χ0) is 33.5. The number of aliphatic hydroxyl groups is 1. The number of aliphatic hydroxyl groups excluding tert-OH is 1. The van der Waals surface area contributed by atoms with Crippen molar-refractivity contribution < 1.29 is 19.8 Å². The van der Waals surface area contributed by atoms with Crippen molar-refractivity contribution in [2.24, 2.45) is 62.6 Å². The predicted molar refractivity (Wildman–Crippen MR) is 187 cm³/mol. The molecule has 1 unspecified atom stereocenters. The highest BCUT2D eigenvalue weighted by Crippen LogP contribution is 2.77. The molecule has 0 saturated heterocycles. The van der Waals surface area contributed by atoms with E-state index in [4.69, 9.17) is 5.11 Å². The van der Waals surface area contributed by atoms with E-state index < -0.39 is 5.97 Å². The molecule has 0 bridgehead atoms. The van der Waals surface area contributed by atoms with E-state index in [1.165, 1.54) is 57.8 Å². The topological polar surface area (TPSA) is 86.6 Å². The summed E-state index contributed by atoms with van der Waals surface area (Å²) in [4.78, 5) is 25.0. The lowest BCUT2D eigenvalue weighted by Crippen LogP contribution is -2.66. The summed E-state index contributed by atoms with van der Waals surface area (Å²) in [6.45, 7) is 18.1. The first-order chi connectivity index (χ1) is 21.6. The predicted octanol–water partition coefficient (Wildman–Crippen LogP) is 9.57. The van der Waals surface area contributed by atoms with Gasteiger partial charge in [-0.3, -0.25) is 9.59 Å². The summed E-state index contributed by atoms with van der Waals surface area (Å²) in [7, 11) is 0. The molecule has 0 aromatic carbocycles. The smallest absolute Gasteiger partial charge is 0.303 e. The van der Waals surface area contributed by atoms with E-state index in [9.17, 15) is 14.7 Å². The second kappa shape index (κ2) is 13.5. The maximum atomic E-state index is 14.4. The largest absolute Gasteiger partial charge is 0.481 e. The molecule has 4 fully saturated rings. The standard InChI is InChI=1S/C41H69NO4/c1-28(2)29-19-24-41(36(46)42-27-15-13-11-9-8-10-12-14-16-34(44)45)26-25-39(6)30(35(29)41)17-18-32-38(5)22-21-33(43)37(3,4)31(38)20-23-40(32,39)7/h21-22,28-33,35,43H,8-20,23-27H2,1-7H3,(H,42,46)(H,44,45)/t29-,30+,31-,32+,33?,35+,38-,39+,40+,41-/m0/s1. The van der Waals surface area contributed by atoms with Gasteiger partial charge in [0, 0.05) is 13.0 Å². The third-order valence-corrected chi connectivity index (χ3v) is 15.9. The number of allylic oxidation sites excluding steroid dienone is 1. The minimum Gasteiger partial charge on any atom is -0.481 e. The average Bonchev–Trinajstić information content (AvgIpc) is 3.39. The first-order valence-corrected chi connectivity index (χ1v) is 19.5. The van der Waals surface area contributed by atoms with E-state index in [2.05, 4.69) is 65.9 Å². The van der Waals surface area contributed by atoms with E-state index >= 15 is 0 Å². The maximum Gasteiger partial charge on any atom is 0.303 e. The summed E-state index contributed by atoms with van der Waals surface area (Å²) < 4.78 is 0. The highest BCUT2D eigenvalue weighted by atomic mass is 16.4. The summed E-state index contributed by atoms with van der Waals surface area (Å²) >= 11 is 0. The van der Waals surface area contributed by atoms with Crippen LogP contribution >= 0.6 is 0 Å². The molecule has 0 aromatic heterocycles. The van der Waals surface area contributed by atoms with Gasteiger partial charge in [-0.2, -0.15) is 0 Å². The van der Waals surface area contributed by atoms with Crippen LogP contribution in [0.15, 0.2) is 12.2 Å². The van der Waals surface area contributed by atoms with E-state index in [1.807, 2.05) is 0 Å². The molecule has 5 aliphatic rings. The Morgan fingerprint density at radius 3 is 2.09 bits per heavy atom. The van der Waals surface area contributed by atoms with Crippen LogP contribution in [0.4, 0.5) is 0 Å². The molecule has 3 N–H and O–H groups in total. The van der Waals surface area contributed by atoms with Gasteiger partial charge < -0.3 is 15.5 Å². The van der Waals surface area contributed by atoms with Crippen LogP contribution in [0, 0.1) is 62.6 Å². The Morgan fingerprint density at radius 2 is 1.43 bits per heavy atom. The van der Waals surface area contributed by atoms with Crippen molar-refractivity contribution in [2.75, 3.05) is 6.54 Å². The number of carboxylic acid groups (broad SMARTS) is 1. The Morgan fingerprint density at radius 1 is 0.783 bits per heavy atom. The van der Waals surface area contributed by atoms with Gasteiger partial charge in [-0.05, 0) is 121 Å². The fourth-order valence-corrected chi connectivity index (χ4v) is 13.1. The van der Waals surface area contributed by atoms with Crippen molar-refractivity contribution >= 4 is 11.9 Å². The van der Waals surface area contributed by atoms with E-state index in [0.29, 0.717) is 47.8 Å². The van der Waals surface area contributed by atoms with Crippen LogP contribution in [0.25, 0.3) is 0 Å². The van der Waals surface area contributed by atoms with Gasteiger partial charge in [-0.15, -0.1) is 0 Å². The molecular weight excluding hydrogens is 570 g/mol. The van der Waals surface area contributed by atoms with Crippen LogP contribution < -0.4 is 5.32 Å². The van der Waals surface area contributed by atoms with Crippen LogP contribution in [0.1, 0.15) is 158 Å². The van der Waals surface area contributed by atoms with Crippen LogP contribution in [0.5, 0.6) is 0 Å². The van der Waals surface area contributed by atoms with Gasteiger partial charge in [0.05, 0.1) is 11.5 Å². The number of carbonyl (C=O) groups excluding carboxylic acids is 1. The second-order valence-electron chi connectivity index (χ2n) is 18.5. The number of carbonyl (C=O) groups is 2. The first kappa shape index (κ1) is 35.9. The summed E-state index contributed by atoms with van der Waals surface area (Å²) in [5, 5.41) is 23.3. The molecule has 262 valence electrons. The van der Waals surface area contributed by atoms with Crippen molar-refractivity contribution in [2.45, 2.75) is 164 Å². The molecule has 5 aliphatic carbocycles. The molecule has 5 nitrogen and oxygen atoms in total. The quantitative estimate of drug-likeness (QED) is 0.138. The van der Waals surface area contributed by atoms with Gasteiger partial charge in [0.2, 0.25) is 5.91 Å². The van der Waals surface area contributed by atoms with Crippen molar-refractivity contribution in [3.63, 3.8) is 0 Å². The number of hydrogen-bond donors (Lipinski definition) is 3. The molecule has 5 rings (SSSR count). The highest BCUT2D eigenvalue weighted by Gasteiger charge is 2.71. The second-order valence-corrected chi connectivity index (χ2v) is 18.5. The molecule has 0 aliphatic heterocycles. The van der Waals surface area contributed by atoms with Crippen molar-refractivity contribution in [1.29, 1.82) is 0 Å². The number of amides is 1. The number of carboxylic acids is 1. The van der Waals surface area contributed by atoms with Crippen molar-refractivity contribution in [3.05, 3.63) is 12.2 Å². The van der Waals surface area contributed by atoms with Crippen LogP contribution in [-0.4, -0.2) is 34.7 Å². The fraction of sp³-hybridized carbons (Fsp3) is 0.902. The van der Waals surface area contributed by atoms with Gasteiger partial charge in [0.25, 0.3) is 0 Å². The van der Waals surface area contributed by atoms with Crippen molar-refractivity contribution in [3.8, 4) is 0 Å². The highest BCUT2D eigenvalue weighted by molar-refractivity contribution is 5.83. The molecule has 5 heteroatoms. The van der Waals surface area contributed by atoms with E-state index in [-0.39, 0.29) is 33.2 Å². The van der Waals surface area contributed by atoms with Crippen LogP contribution in [0.2, 0.25) is 0 Å². The Bertz CT molecular complexity index is 1130. The number of unbranched alkanes of at least 4 members (excludes halogenated alkanes) is 7. The molecule has 0 heterocycles. The summed E-state index contributed by atoms with van der Waals surface area (Å²) in [5.74, 6) is 3.12. The minimum absolute atomic E-state index is 0.0973. The normalized spacial score (nSPS) is 42.5. The molecular formula is C41H69NO4. The number of rotatable bonds is 13. The van der Waals surface area contributed by atoms with Gasteiger partial charge in [0.15, 0.2) is 0 Å². The SMILES string of the molecule is CC(C)[C@@H]1CC[C@]2(C(=O)NCCCCCCCCCCC(=O)O)CC[C@]3(C)[C@H](CC[C@@H]4[C@@]5(C)C=CC(O)C(C)(C)[C@@H]5CC[C@]43C)[C@@H]12. The molecule has 0 radical (unpaired) electrons. The maximum absolute atomic E-state index is 14.4. The lowest BCUT2D eigenvalue weighted by Gasteiger charge is -2.72. The van der Waals surface area contributed by atoms with Gasteiger partial charge in [-0.1, -0.05) is 99.1 Å². The molecule has 0 spiro atoms. The molecule has 46 heavy (non-hydrogen) atoms. The number of aliphatic carboxylic acids is 1. The summed E-state index contributed by atoms with van der Waals surface area (Å²) in [5.41, 5.74) is 0.295. The Hall–Kier alpha value is -1.36. The number of hydrogen-bond acceptors (Lipinski definition) is 3. The van der Waals surface area contributed by atoms with Gasteiger partial charge in [-0.25, -0.2) is 0 Å². The van der Waals surface area contributed by atoms with E-state index in [0.717, 1.165) is 51.5 Å². The molecule has 0 aromatic rings. The third-order valence-electron chi connectivity index (χ3n) is 15.9. The third kappa shape index (κ3) is 5.93. The zero-order valence-electron chi connectivity index (χ0n) is 30.6. The minimum atomic E-state index is -0.686. The summed E-state index contributed by atoms with van der Waals surface area (Å²) in [6.07, 6.45) is 22.6. The Kier molecular flexibility index (Phi) is 10.6. The van der Waals surface area contributed by atoms with Crippen LogP contribution in [-0.2, 0) is 9.59 Å². The van der Waals surface area contributed by atoms with Crippen molar-refractivity contribution in [1.82, 2.24) is 5.32 Å². The van der Waals surface area contributed by atoms with Gasteiger partial charge in [0.1, 0.15) is 0 Å². The van der Waals surface area contributed by atoms with E-state index in [1.54, 1.807) is 0 Å². The lowest BCUT2D eigenvalue weighted by atomic mass is 9.33. The average molecular weight is 640 g/mol. The van der Waals surface area contributed by atoms with Gasteiger partial charge >= 0.3 is 5.97 Å². The zero-order valence-corrected chi connectivity index (χ0v) is 30.6. The summed E-state index contributed by atoms with van der Waals surface area (Å²) in [6, 6.07) is 0. The lowest BCUT2D eigenvalue weighted by molar-refractivity contribution is -0.225. The Balaban J connectivity index is 1.25. The van der Waals surface area contributed by atoms with Crippen LogP contribution in [0.3, 0.4) is 0 Å². The first-order valence-electron chi connectivity index (χ1n) is 19.5.